The number of carbonyl (C=O) groups is 1. The Kier molecular flexibility index (Phi) is 6.26. The number of hydrogen-bond acceptors (Lipinski definition) is 3. The largest absolute Gasteiger partial charge is 0.464 e. The van der Waals surface area contributed by atoms with E-state index in [-0.39, 0.29) is 6.54 Å². The predicted molar refractivity (Wildman–Crippen MR) is 49.3 cm³/mol. The Balaban J connectivity index is 3.74. The van der Waals surface area contributed by atoms with Crippen molar-refractivity contribution in [2.75, 3.05) is 13.1 Å². The monoisotopic (exact) mass is 190 g/mol. The van der Waals surface area contributed by atoms with E-state index in [9.17, 15) is 4.79 Å². The molecule has 5 heteroatoms. The zero-order valence-electron chi connectivity index (χ0n) is 8.16. The average Bonchev–Trinajstić information content (AvgIpc) is 2.02. The quantitative estimate of drug-likeness (QED) is 0.425. The van der Waals surface area contributed by atoms with E-state index in [4.69, 9.17) is 10.2 Å². The van der Waals surface area contributed by atoms with Gasteiger partial charge in [0.2, 0.25) is 0 Å². The van der Waals surface area contributed by atoms with Gasteiger partial charge in [-0.15, -0.1) is 0 Å². The third-order valence-corrected chi connectivity index (χ3v) is 1.51. The third kappa shape index (κ3) is 6.36. The number of carboxylic acid groups (broad SMARTS) is 1. The number of aliphatic hydroxyl groups is 1. The topological polar surface area (TPSA) is 72.8 Å². The predicted octanol–water partition coefficient (Wildman–Crippen LogP) is 0.652. The Labute approximate surface area is 78.3 Å². The fraction of sp³-hybridized carbons (Fsp3) is 0.875. The summed E-state index contributed by atoms with van der Waals surface area (Å²) >= 11 is 0. The van der Waals surface area contributed by atoms with Crippen molar-refractivity contribution in [1.82, 2.24) is 10.4 Å². The molecule has 0 aromatic rings. The fourth-order valence-electron chi connectivity index (χ4n) is 0.865. The number of amides is 1. The maximum atomic E-state index is 10.6. The SMILES string of the molecule is CCCCNN(CC(C)O)C(=O)O. The first-order valence-electron chi connectivity index (χ1n) is 4.50. The number of hydrazine groups is 1. The highest BCUT2D eigenvalue weighted by Crippen LogP contribution is 1.90. The van der Waals surface area contributed by atoms with Crippen LogP contribution in [0.2, 0.25) is 0 Å². The molecule has 1 atom stereocenters. The molecule has 78 valence electrons. The number of hydrogen-bond donors (Lipinski definition) is 3. The lowest BCUT2D eigenvalue weighted by atomic mass is 10.3. The van der Waals surface area contributed by atoms with Gasteiger partial charge in [0.1, 0.15) is 0 Å². The van der Waals surface area contributed by atoms with Crippen molar-refractivity contribution in [3.05, 3.63) is 0 Å². The molecule has 3 N–H and O–H groups in total. The number of aliphatic hydroxyl groups excluding tert-OH is 1. The van der Waals surface area contributed by atoms with Crippen LogP contribution in [0.25, 0.3) is 0 Å². The summed E-state index contributed by atoms with van der Waals surface area (Å²) in [5.74, 6) is 0. The molecule has 0 spiro atoms. The normalized spacial score (nSPS) is 12.5. The highest BCUT2D eigenvalue weighted by atomic mass is 16.4. The summed E-state index contributed by atoms with van der Waals surface area (Å²) in [6.45, 7) is 4.30. The van der Waals surface area contributed by atoms with Gasteiger partial charge in [-0.1, -0.05) is 13.3 Å². The van der Waals surface area contributed by atoms with Gasteiger partial charge < -0.3 is 10.2 Å². The van der Waals surface area contributed by atoms with Crippen molar-refractivity contribution in [1.29, 1.82) is 0 Å². The van der Waals surface area contributed by atoms with Crippen molar-refractivity contribution in [3.8, 4) is 0 Å². The summed E-state index contributed by atoms with van der Waals surface area (Å²) in [5.41, 5.74) is 2.73. The molecule has 0 heterocycles. The van der Waals surface area contributed by atoms with Gasteiger partial charge in [-0.25, -0.2) is 15.2 Å². The molecule has 1 unspecified atom stereocenters. The second kappa shape index (κ2) is 6.68. The van der Waals surface area contributed by atoms with Crippen LogP contribution < -0.4 is 5.43 Å². The molecule has 0 fully saturated rings. The second-order valence-electron chi connectivity index (χ2n) is 3.00. The van der Waals surface area contributed by atoms with Crippen molar-refractivity contribution < 1.29 is 15.0 Å². The van der Waals surface area contributed by atoms with Crippen molar-refractivity contribution in [2.45, 2.75) is 32.8 Å². The van der Waals surface area contributed by atoms with Gasteiger partial charge in [-0.05, 0) is 13.3 Å². The van der Waals surface area contributed by atoms with Gasteiger partial charge in [0.05, 0.1) is 12.6 Å². The van der Waals surface area contributed by atoms with Gasteiger partial charge in [0.15, 0.2) is 0 Å². The molecule has 0 aliphatic rings. The highest BCUT2D eigenvalue weighted by Gasteiger charge is 2.12. The zero-order chi connectivity index (χ0) is 10.3. The lowest BCUT2D eigenvalue weighted by Crippen LogP contribution is -2.46. The first-order chi connectivity index (χ1) is 6.07. The lowest BCUT2D eigenvalue weighted by molar-refractivity contribution is 0.0793. The fourth-order valence-corrected chi connectivity index (χ4v) is 0.865. The molecule has 0 aromatic heterocycles. The highest BCUT2D eigenvalue weighted by molar-refractivity contribution is 5.64. The summed E-state index contributed by atoms with van der Waals surface area (Å²) in [4.78, 5) is 10.6. The first kappa shape index (κ1) is 12.2. The standard InChI is InChI=1S/C8H18N2O3/c1-3-4-5-9-10(8(12)13)6-7(2)11/h7,9,11H,3-6H2,1-2H3,(H,12,13). The molecule has 0 aliphatic heterocycles. The molecular weight excluding hydrogens is 172 g/mol. The molecular formula is C8H18N2O3. The number of rotatable bonds is 6. The summed E-state index contributed by atoms with van der Waals surface area (Å²) in [7, 11) is 0. The molecule has 0 rings (SSSR count). The molecule has 5 nitrogen and oxygen atoms in total. The van der Waals surface area contributed by atoms with E-state index >= 15 is 0 Å². The molecule has 0 bridgehead atoms. The van der Waals surface area contributed by atoms with Gasteiger partial charge >= 0.3 is 6.09 Å². The van der Waals surface area contributed by atoms with Gasteiger partial charge in [0, 0.05) is 6.54 Å². The van der Waals surface area contributed by atoms with Crippen LogP contribution in [0.1, 0.15) is 26.7 Å². The smallest absolute Gasteiger partial charge is 0.421 e. The Morgan fingerprint density at radius 1 is 1.62 bits per heavy atom. The maximum absolute atomic E-state index is 10.6. The zero-order valence-corrected chi connectivity index (χ0v) is 8.16. The number of nitrogens with zero attached hydrogens (tertiary/aromatic N) is 1. The number of nitrogens with one attached hydrogen (secondary N) is 1. The van der Waals surface area contributed by atoms with E-state index in [1.807, 2.05) is 6.92 Å². The summed E-state index contributed by atoms with van der Waals surface area (Å²) in [6.07, 6.45) is 0.223. The van der Waals surface area contributed by atoms with Crippen LogP contribution in [0.15, 0.2) is 0 Å². The van der Waals surface area contributed by atoms with Crippen molar-refractivity contribution >= 4 is 6.09 Å². The summed E-state index contributed by atoms with van der Waals surface area (Å²) in [5, 5.41) is 18.7. The Bertz CT molecular complexity index is 150. The van der Waals surface area contributed by atoms with Crippen LogP contribution in [0.4, 0.5) is 4.79 Å². The summed E-state index contributed by atoms with van der Waals surface area (Å²) in [6, 6.07) is 0. The van der Waals surface area contributed by atoms with E-state index in [2.05, 4.69) is 5.43 Å². The van der Waals surface area contributed by atoms with E-state index in [1.165, 1.54) is 0 Å². The van der Waals surface area contributed by atoms with E-state index < -0.39 is 12.2 Å². The number of unbranched alkanes of at least 4 members (excludes halogenated alkanes) is 1. The molecule has 0 aliphatic carbocycles. The summed E-state index contributed by atoms with van der Waals surface area (Å²) < 4.78 is 0. The van der Waals surface area contributed by atoms with Gasteiger partial charge in [0.25, 0.3) is 0 Å². The second-order valence-corrected chi connectivity index (χ2v) is 3.00. The van der Waals surface area contributed by atoms with Crippen LogP contribution in [0.5, 0.6) is 0 Å². The van der Waals surface area contributed by atoms with E-state index in [0.717, 1.165) is 17.9 Å². The minimum Gasteiger partial charge on any atom is -0.464 e. The van der Waals surface area contributed by atoms with Crippen molar-refractivity contribution in [3.63, 3.8) is 0 Å². The van der Waals surface area contributed by atoms with E-state index in [0.29, 0.717) is 6.54 Å². The molecule has 0 saturated carbocycles. The molecule has 13 heavy (non-hydrogen) atoms. The van der Waals surface area contributed by atoms with Crippen molar-refractivity contribution in [2.24, 2.45) is 0 Å². The van der Waals surface area contributed by atoms with Crippen LogP contribution in [-0.4, -0.2) is 40.5 Å². The minimum absolute atomic E-state index is 0.0963. The minimum atomic E-state index is -1.06. The molecule has 0 radical (unpaired) electrons. The van der Waals surface area contributed by atoms with Gasteiger partial charge in [-0.3, -0.25) is 0 Å². The lowest BCUT2D eigenvalue weighted by Gasteiger charge is -2.21. The van der Waals surface area contributed by atoms with Gasteiger partial charge in [-0.2, -0.15) is 0 Å². The Morgan fingerprint density at radius 2 is 2.23 bits per heavy atom. The maximum Gasteiger partial charge on any atom is 0.421 e. The first-order valence-corrected chi connectivity index (χ1v) is 4.50. The molecule has 1 amide bonds. The third-order valence-electron chi connectivity index (χ3n) is 1.51. The molecule has 0 saturated heterocycles. The van der Waals surface area contributed by atoms with E-state index in [1.54, 1.807) is 6.92 Å². The van der Waals surface area contributed by atoms with Crippen LogP contribution in [-0.2, 0) is 0 Å². The molecule has 0 aromatic carbocycles. The van der Waals surface area contributed by atoms with Crippen LogP contribution in [0, 0.1) is 0 Å². The Hall–Kier alpha value is -0.810. The Morgan fingerprint density at radius 3 is 2.62 bits per heavy atom. The van der Waals surface area contributed by atoms with Crippen LogP contribution >= 0.6 is 0 Å². The van der Waals surface area contributed by atoms with Crippen LogP contribution in [0.3, 0.4) is 0 Å². The average molecular weight is 190 g/mol.